The van der Waals surface area contributed by atoms with Crippen molar-refractivity contribution in [3.05, 3.63) is 0 Å². The molecule has 4 nitrogen and oxygen atoms in total. The van der Waals surface area contributed by atoms with Gasteiger partial charge in [0.1, 0.15) is 0 Å². The molecular formula is C14H29N3O. The smallest absolute Gasteiger partial charge is 0.221 e. The zero-order chi connectivity index (χ0) is 13.4. The van der Waals surface area contributed by atoms with Crippen LogP contribution in [0.25, 0.3) is 0 Å². The van der Waals surface area contributed by atoms with Crippen molar-refractivity contribution in [3.63, 3.8) is 0 Å². The third-order valence-electron chi connectivity index (χ3n) is 3.86. The lowest BCUT2D eigenvalue weighted by Gasteiger charge is -2.33. The summed E-state index contributed by atoms with van der Waals surface area (Å²) in [5.74, 6) is 0.0936. The van der Waals surface area contributed by atoms with E-state index < -0.39 is 0 Å². The number of amides is 1. The van der Waals surface area contributed by atoms with Gasteiger partial charge in [0.15, 0.2) is 0 Å². The van der Waals surface area contributed by atoms with Crippen molar-refractivity contribution in [2.24, 2.45) is 5.73 Å². The van der Waals surface area contributed by atoms with E-state index in [9.17, 15) is 4.79 Å². The van der Waals surface area contributed by atoms with Crippen molar-refractivity contribution < 1.29 is 4.79 Å². The van der Waals surface area contributed by atoms with E-state index in [0.717, 1.165) is 25.9 Å². The predicted octanol–water partition coefficient (Wildman–Crippen LogP) is 1.49. The summed E-state index contributed by atoms with van der Waals surface area (Å²) in [6, 6.07) is 0.718. The van der Waals surface area contributed by atoms with Crippen LogP contribution in [0.4, 0.5) is 0 Å². The number of likely N-dealkylation sites (tertiary alicyclic amines) is 1. The van der Waals surface area contributed by atoms with E-state index in [-0.39, 0.29) is 11.9 Å². The maximum Gasteiger partial charge on any atom is 0.221 e. The highest BCUT2D eigenvalue weighted by molar-refractivity contribution is 5.76. The van der Waals surface area contributed by atoms with Gasteiger partial charge in [0.2, 0.25) is 5.91 Å². The number of nitrogens with one attached hydrogen (secondary N) is 1. The topological polar surface area (TPSA) is 58.4 Å². The highest BCUT2D eigenvalue weighted by atomic mass is 16.1. The highest BCUT2D eigenvalue weighted by Gasteiger charge is 2.17. The Balaban J connectivity index is 2.05. The standard InChI is InChI=1S/C14H29N3O/c1-3-13(15)11-14(18)16-8-6-10-17-9-5-4-7-12(17)2/h12-13H,3-11,15H2,1-2H3,(H,16,18). The molecule has 2 atom stereocenters. The Labute approximate surface area is 111 Å². The molecule has 1 heterocycles. The highest BCUT2D eigenvalue weighted by Crippen LogP contribution is 2.15. The average Bonchev–Trinajstić information content (AvgIpc) is 2.36. The average molecular weight is 255 g/mol. The Kier molecular flexibility index (Phi) is 7.28. The molecule has 106 valence electrons. The molecule has 2 unspecified atom stereocenters. The van der Waals surface area contributed by atoms with E-state index in [1.54, 1.807) is 0 Å². The summed E-state index contributed by atoms with van der Waals surface area (Å²) < 4.78 is 0. The third kappa shape index (κ3) is 5.83. The Morgan fingerprint density at radius 2 is 2.28 bits per heavy atom. The number of nitrogens with zero attached hydrogens (tertiary/aromatic N) is 1. The summed E-state index contributed by atoms with van der Waals surface area (Å²) in [7, 11) is 0. The molecule has 0 radical (unpaired) electrons. The fraction of sp³-hybridized carbons (Fsp3) is 0.929. The zero-order valence-corrected chi connectivity index (χ0v) is 12.0. The Morgan fingerprint density at radius 1 is 1.50 bits per heavy atom. The van der Waals surface area contributed by atoms with Gasteiger partial charge in [0, 0.05) is 31.6 Å². The van der Waals surface area contributed by atoms with Crippen LogP contribution < -0.4 is 11.1 Å². The quantitative estimate of drug-likeness (QED) is 0.678. The van der Waals surface area contributed by atoms with E-state index >= 15 is 0 Å². The summed E-state index contributed by atoms with van der Waals surface area (Å²) in [6.45, 7) is 7.41. The molecular weight excluding hydrogens is 226 g/mol. The maximum absolute atomic E-state index is 11.5. The second-order valence-corrected chi connectivity index (χ2v) is 5.46. The van der Waals surface area contributed by atoms with Crippen LogP contribution in [0.5, 0.6) is 0 Å². The van der Waals surface area contributed by atoms with Crippen molar-refractivity contribution in [2.45, 2.75) is 64.5 Å². The van der Waals surface area contributed by atoms with Crippen molar-refractivity contribution in [1.82, 2.24) is 10.2 Å². The van der Waals surface area contributed by atoms with Crippen LogP contribution in [0, 0.1) is 0 Å². The molecule has 1 fully saturated rings. The normalized spacial score (nSPS) is 22.7. The van der Waals surface area contributed by atoms with Crippen molar-refractivity contribution in [2.75, 3.05) is 19.6 Å². The second kappa shape index (κ2) is 8.48. The minimum absolute atomic E-state index is 0.00659. The van der Waals surface area contributed by atoms with Gasteiger partial charge in [-0.25, -0.2) is 0 Å². The first-order valence-electron chi connectivity index (χ1n) is 7.39. The van der Waals surface area contributed by atoms with Gasteiger partial charge >= 0.3 is 0 Å². The van der Waals surface area contributed by atoms with E-state index in [1.165, 1.54) is 25.8 Å². The summed E-state index contributed by atoms with van der Waals surface area (Å²) in [4.78, 5) is 14.1. The van der Waals surface area contributed by atoms with Crippen LogP contribution in [-0.2, 0) is 4.79 Å². The second-order valence-electron chi connectivity index (χ2n) is 5.46. The number of hydrogen-bond donors (Lipinski definition) is 2. The van der Waals surface area contributed by atoms with Crippen LogP contribution in [0.3, 0.4) is 0 Å². The first-order valence-corrected chi connectivity index (χ1v) is 7.39. The molecule has 0 aliphatic carbocycles. The molecule has 0 aromatic rings. The molecule has 4 heteroatoms. The van der Waals surface area contributed by atoms with Crippen LogP contribution in [-0.4, -0.2) is 42.5 Å². The first-order chi connectivity index (χ1) is 8.63. The number of nitrogens with two attached hydrogens (primary N) is 1. The summed E-state index contributed by atoms with van der Waals surface area (Å²) in [5.41, 5.74) is 5.74. The van der Waals surface area contributed by atoms with E-state index in [4.69, 9.17) is 5.73 Å². The van der Waals surface area contributed by atoms with Gasteiger partial charge < -0.3 is 16.0 Å². The van der Waals surface area contributed by atoms with Crippen LogP contribution in [0.2, 0.25) is 0 Å². The molecule has 1 rings (SSSR count). The maximum atomic E-state index is 11.5. The van der Waals surface area contributed by atoms with Gasteiger partial charge in [-0.15, -0.1) is 0 Å². The van der Waals surface area contributed by atoms with Gasteiger partial charge in [0.05, 0.1) is 0 Å². The fourth-order valence-electron chi connectivity index (χ4n) is 2.45. The first kappa shape index (κ1) is 15.4. The molecule has 0 bridgehead atoms. The van der Waals surface area contributed by atoms with Crippen molar-refractivity contribution >= 4 is 5.91 Å². The number of piperidine rings is 1. The lowest BCUT2D eigenvalue weighted by molar-refractivity contribution is -0.121. The summed E-state index contributed by atoms with van der Waals surface area (Å²) in [5, 5.41) is 2.96. The molecule has 1 aliphatic rings. The largest absolute Gasteiger partial charge is 0.356 e. The Morgan fingerprint density at radius 3 is 2.94 bits per heavy atom. The minimum Gasteiger partial charge on any atom is -0.356 e. The monoisotopic (exact) mass is 255 g/mol. The predicted molar refractivity (Wildman–Crippen MR) is 75.4 cm³/mol. The third-order valence-corrected chi connectivity index (χ3v) is 3.86. The minimum atomic E-state index is 0.00659. The number of carbonyl (C=O) groups is 1. The van der Waals surface area contributed by atoms with Gasteiger partial charge in [-0.1, -0.05) is 13.3 Å². The molecule has 3 N–H and O–H groups in total. The molecule has 0 aromatic carbocycles. The Hall–Kier alpha value is -0.610. The molecule has 18 heavy (non-hydrogen) atoms. The lowest BCUT2D eigenvalue weighted by Crippen LogP contribution is -2.39. The molecule has 0 spiro atoms. The van der Waals surface area contributed by atoms with Gasteiger partial charge in [-0.05, 0) is 39.2 Å². The van der Waals surface area contributed by atoms with Gasteiger partial charge in [-0.3, -0.25) is 4.79 Å². The van der Waals surface area contributed by atoms with Crippen LogP contribution in [0.1, 0.15) is 52.4 Å². The van der Waals surface area contributed by atoms with E-state index in [0.29, 0.717) is 12.5 Å². The van der Waals surface area contributed by atoms with E-state index in [1.807, 2.05) is 6.92 Å². The molecule has 0 saturated carbocycles. The van der Waals surface area contributed by atoms with Crippen LogP contribution in [0.15, 0.2) is 0 Å². The Bertz CT molecular complexity index is 245. The molecule has 0 aromatic heterocycles. The summed E-state index contributed by atoms with van der Waals surface area (Å²) in [6.07, 6.45) is 6.36. The summed E-state index contributed by atoms with van der Waals surface area (Å²) >= 11 is 0. The van der Waals surface area contributed by atoms with Gasteiger partial charge in [-0.2, -0.15) is 0 Å². The number of hydrogen-bond acceptors (Lipinski definition) is 3. The van der Waals surface area contributed by atoms with Gasteiger partial charge in [0.25, 0.3) is 0 Å². The lowest BCUT2D eigenvalue weighted by atomic mass is 10.0. The van der Waals surface area contributed by atoms with Crippen molar-refractivity contribution in [3.8, 4) is 0 Å². The molecule has 1 saturated heterocycles. The van der Waals surface area contributed by atoms with Crippen LogP contribution >= 0.6 is 0 Å². The van der Waals surface area contributed by atoms with Crippen molar-refractivity contribution in [1.29, 1.82) is 0 Å². The zero-order valence-electron chi connectivity index (χ0n) is 12.0. The number of rotatable bonds is 7. The number of carbonyl (C=O) groups excluding carboxylic acids is 1. The SMILES string of the molecule is CCC(N)CC(=O)NCCCN1CCCCC1C. The fourth-order valence-corrected chi connectivity index (χ4v) is 2.45. The molecule has 1 amide bonds. The molecule has 1 aliphatic heterocycles. The van der Waals surface area contributed by atoms with E-state index in [2.05, 4.69) is 17.1 Å².